The van der Waals surface area contributed by atoms with Crippen molar-refractivity contribution in [1.29, 1.82) is 0 Å². The predicted molar refractivity (Wildman–Crippen MR) is 112 cm³/mol. The molecule has 2 amide bonds. The number of aliphatic imine (C=N–C) groups is 1. The number of nitrogens with one attached hydrogen (secondary N) is 1. The lowest BCUT2D eigenvalue weighted by atomic mass is 10.2. The number of amides is 2. The second-order valence-corrected chi connectivity index (χ2v) is 6.89. The van der Waals surface area contributed by atoms with Crippen molar-refractivity contribution in [2.75, 3.05) is 20.8 Å². The van der Waals surface area contributed by atoms with Crippen LogP contribution in [0.3, 0.4) is 0 Å². The molecule has 1 aliphatic rings. The first-order valence-electron chi connectivity index (χ1n) is 8.50. The van der Waals surface area contributed by atoms with Crippen molar-refractivity contribution in [2.45, 2.75) is 0 Å². The quantitative estimate of drug-likeness (QED) is 0.721. The highest BCUT2D eigenvalue weighted by atomic mass is 32.2. The third-order valence-corrected chi connectivity index (χ3v) is 4.61. The summed E-state index contributed by atoms with van der Waals surface area (Å²) in [6.07, 6.45) is 1.83. The van der Waals surface area contributed by atoms with Crippen LogP contribution in [0.5, 0.6) is 17.2 Å². The summed E-state index contributed by atoms with van der Waals surface area (Å²) in [6, 6.07) is 12.3. The van der Waals surface area contributed by atoms with Crippen molar-refractivity contribution in [3.8, 4) is 17.2 Å². The van der Waals surface area contributed by atoms with Crippen LogP contribution in [0.4, 0.5) is 10.5 Å². The fourth-order valence-electron chi connectivity index (χ4n) is 2.47. The van der Waals surface area contributed by atoms with E-state index in [1.807, 2.05) is 6.08 Å². The second-order valence-electron chi connectivity index (χ2n) is 5.88. The predicted octanol–water partition coefficient (Wildman–Crippen LogP) is 3.10. The second kappa shape index (κ2) is 9.16. The summed E-state index contributed by atoms with van der Waals surface area (Å²) >= 11 is 1.05. The molecule has 8 nitrogen and oxygen atoms in total. The molecule has 0 aliphatic carbocycles. The summed E-state index contributed by atoms with van der Waals surface area (Å²) in [7, 11) is 3.11. The lowest BCUT2D eigenvalue weighted by Crippen LogP contribution is -2.19. The molecule has 29 heavy (non-hydrogen) atoms. The van der Waals surface area contributed by atoms with Crippen molar-refractivity contribution in [2.24, 2.45) is 10.7 Å². The van der Waals surface area contributed by atoms with Crippen LogP contribution in [0.15, 0.2) is 52.4 Å². The number of primary amides is 1. The number of thioether (sulfide) groups is 1. The molecular formula is C20H19N3O5S. The molecule has 2 aromatic carbocycles. The maximum Gasteiger partial charge on any atom is 0.289 e. The third kappa shape index (κ3) is 5.52. The molecule has 150 valence electrons. The van der Waals surface area contributed by atoms with Crippen molar-refractivity contribution in [3.05, 3.63) is 52.9 Å². The highest BCUT2D eigenvalue weighted by Crippen LogP contribution is 2.32. The SMILES string of the molecule is COc1cc(N=C2NC(=O)S/C2=C\c2ccc(OCC(N)=O)cc2)cc(OC)c1. The number of rotatable bonds is 7. The average Bonchev–Trinajstić information content (AvgIpc) is 3.05. The van der Waals surface area contributed by atoms with Gasteiger partial charge in [0.25, 0.3) is 11.1 Å². The van der Waals surface area contributed by atoms with Gasteiger partial charge in [0.15, 0.2) is 6.61 Å². The summed E-state index contributed by atoms with van der Waals surface area (Å²) in [5, 5.41) is 2.52. The Kier molecular flexibility index (Phi) is 6.40. The number of amidine groups is 1. The Labute approximate surface area is 171 Å². The van der Waals surface area contributed by atoms with E-state index in [0.717, 1.165) is 17.3 Å². The highest BCUT2D eigenvalue weighted by molar-refractivity contribution is 8.18. The number of carbonyl (C=O) groups excluding carboxylic acids is 2. The number of hydrogen-bond donors (Lipinski definition) is 2. The maximum atomic E-state index is 11.9. The zero-order valence-electron chi connectivity index (χ0n) is 15.8. The molecular weight excluding hydrogens is 394 g/mol. The minimum atomic E-state index is -0.543. The number of hydrogen-bond acceptors (Lipinski definition) is 7. The van der Waals surface area contributed by atoms with Gasteiger partial charge in [0, 0.05) is 18.2 Å². The molecule has 0 unspecified atom stereocenters. The minimum absolute atomic E-state index is 0.185. The number of methoxy groups -OCH3 is 2. The van der Waals surface area contributed by atoms with Gasteiger partial charge in [0.2, 0.25) is 0 Å². The molecule has 9 heteroatoms. The fraction of sp³-hybridized carbons (Fsp3) is 0.150. The van der Waals surface area contributed by atoms with E-state index in [0.29, 0.717) is 33.7 Å². The molecule has 0 atom stereocenters. The van der Waals surface area contributed by atoms with Crippen LogP contribution in [0.25, 0.3) is 6.08 Å². The normalized spacial score (nSPS) is 16.0. The largest absolute Gasteiger partial charge is 0.497 e. The summed E-state index contributed by atoms with van der Waals surface area (Å²) in [6.45, 7) is -0.185. The van der Waals surface area contributed by atoms with Gasteiger partial charge in [0.05, 0.1) is 24.8 Å². The van der Waals surface area contributed by atoms with Gasteiger partial charge in [-0.1, -0.05) is 12.1 Å². The fourth-order valence-corrected chi connectivity index (χ4v) is 3.20. The molecule has 0 spiro atoms. The molecule has 1 saturated heterocycles. The average molecular weight is 413 g/mol. The lowest BCUT2D eigenvalue weighted by molar-refractivity contribution is -0.119. The first-order valence-corrected chi connectivity index (χ1v) is 9.32. The van der Waals surface area contributed by atoms with Crippen LogP contribution in [0, 0.1) is 0 Å². The van der Waals surface area contributed by atoms with Gasteiger partial charge in [0.1, 0.15) is 23.1 Å². The van der Waals surface area contributed by atoms with Crippen molar-refractivity contribution in [1.82, 2.24) is 5.32 Å². The van der Waals surface area contributed by atoms with E-state index in [1.54, 1.807) is 56.7 Å². The van der Waals surface area contributed by atoms with Crippen molar-refractivity contribution >= 4 is 40.5 Å². The summed E-state index contributed by atoms with van der Waals surface area (Å²) in [4.78, 5) is 27.9. The van der Waals surface area contributed by atoms with Gasteiger partial charge in [-0.05, 0) is 35.5 Å². The number of nitrogens with two attached hydrogens (primary N) is 1. The van der Waals surface area contributed by atoms with Crippen LogP contribution in [0.1, 0.15) is 5.56 Å². The standard InChI is InChI=1S/C20H19N3O5S/c1-26-15-8-13(9-16(10-15)27-2)22-19-17(29-20(25)23-19)7-12-3-5-14(6-4-12)28-11-18(21)24/h3-10H,11H2,1-2H3,(H2,21,24)(H,22,23,25)/b17-7-. The Morgan fingerprint density at radius 2 is 1.76 bits per heavy atom. The Hall–Kier alpha value is -3.46. The smallest absolute Gasteiger partial charge is 0.289 e. The molecule has 1 heterocycles. The first-order chi connectivity index (χ1) is 14.0. The van der Waals surface area contributed by atoms with E-state index < -0.39 is 5.91 Å². The molecule has 3 rings (SSSR count). The monoisotopic (exact) mass is 413 g/mol. The zero-order chi connectivity index (χ0) is 20.8. The third-order valence-electron chi connectivity index (χ3n) is 3.79. The van der Waals surface area contributed by atoms with Crippen LogP contribution >= 0.6 is 11.8 Å². The number of benzene rings is 2. The Bertz CT molecular complexity index is 964. The molecule has 1 aliphatic heterocycles. The van der Waals surface area contributed by atoms with Crippen LogP contribution in [-0.2, 0) is 4.79 Å². The minimum Gasteiger partial charge on any atom is -0.497 e. The van der Waals surface area contributed by atoms with Gasteiger partial charge in [-0.3, -0.25) is 9.59 Å². The molecule has 1 fully saturated rings. The zero-order valence-corrected chi connectivity index (χ0v) is 16.6. The molecule has 0 bridgehead atoms. The van der Waals surface area contributed by atoms with Gasteiger partial charge >= 0.3 is 0 Å². The van der Waals surface area contributed by atoms with E-state index in [9.17, 15) is 9.59 Å². The number of ether oxygens (including phenoxy) is 3. The lowest BCUT2D eigenvalue weighted by Gasteiger charge is -2.07. The summed E-state index contributed by atoms with van der Waals surface area (Å²) < 4.78 is 15.7. The van der Waals surface area contributed by atoms with E-state index in [2.05, 4.69) is 10.3 Å². The van der Waals surface area contributed by atoms with E-state index in [1.165, 1.54) is 0 Å². The topological polar surface area (TPSA) is 112 Å². The van der Waals surface area contributed by atoms with Gasteiger partial charge in [-0.15, -0.1) is 0 Å². The van der Waals surface area contributed by atoms with Gasteiger partial charge in [-0.2, -0.15) is 0 Å². The molecule has 0 aromatic heterocycles. The summed E-state index contributed by atoms with van der Waals surface area (Å²) in [5.41, 5.74) is 6.49. The Balaban J connectivity index is 1.86. The van der Waals surface area contributed by atoms with E-state index in [-0.39, 0.29) is 11.8 Å². The van der Waals surface area contributed by atoms with Gasteiger partial charge in [-0.25, -0.2) is 4.99 Å². The first kappa shape index (κ1) is 20.3. The summed E-state index contributed by atoms with van der Waals surface area (Å²) in [5.74, 6) is 1.61. The molecule has 0 radical (unpaired) electrons. The highest BCUT2D eigenvalue weighted by Gasteiger charge is 2.23. The van der Waals surface area contributed by atoms with Gasteiger partial charge < -0.3 is 25.3 Å². The number of carbonyl (C=O) groups is 2. The van der Waals surface area contributed by atoms with Crippen LogP contribution in [-0.4, -0.2) is 37.8 Å². The van der Waals surface area contributed by atoms with E-state index >= 15 is 0 Å². The van der Waals surface area contributed by atoms with E-state index in [4.69, 9.17) is 19.9 Å². The molecule has 0 saturated carbocycles. The number of nitrogens with zero attached hydrogens (tertiary/aromatic N) is 1. The maximum absolute atomic E-state index is 11.9. The van der Waals surface area contributed by atoms with Crippen LogP contribution < -0.4 is 25.3 Å². The van der Waals surface area contributed by atoms with Crippen LogP contribution in [0.2, 0.25) is 0 Å². The Morgan fingerprint density at radius 3 is 2.34 bits per heavy atom. The molecule has 3 N–H and O–H groups in total. The Morgan fingerprint density at radius 1 is 1.10 bits per heavy atom. The van der Waals surface area contributed by atoms with Crippen molar-refractivity contribution in [3.63, 3.8) is 0 Å². The molecule has 2 aromatic rings. The van der Waals surface area contributed by atoms with Crippen molar-refractivity contribution < 1.29 is 23.8 Å².